The van der Waals surface area contributed by atoms with Crippen molar-refractivity contribution < 1.29 is 9.59 Å². The number of amides is 2. The molecule has 1 fully saturated rings. The molecule has 5 heteroatoms. The maximum atomic E-state index is 12.7. The number of likely N-dealkylation sites (tertiary alicyclic amines) is 1. The van der Waals surface area contributed by atoms with Crippen LogP contribution in [0.25, 0.3) is 0 Å². The van der Waals surface area contributed by atoms with E-state index in [2.05, 4.69) is 5.32 Å². The molecular weight excluding hydrogens is 312 g/mol. The average molecular weight is 337 g/mol. The van der Waals surface area contributed by atoms with Gasteiger partial charge in [0, 0.05) is 18.1 Å². The molecule has 0 aromatic heterocycles. The van der Waals surface area contributed by atoms with E-state index in [1.165, 1.54) is 6.42 Å². The van der Waals surface area contributed by atoms with Crippen molar-refractivity contribution in [1.29, 1.82) is 0 Å². The zero-order valence-electron chi connectivity index (χ0n) is 13.8. The van der Waals surface area contributed by atoms with Crippen LogP contribution in [-0.2, 0) is 16.0 Å². The number of hydrogen-bond acceptors (Lipinski definition) is 2. The maximum absolute atomic E-state index is 12.7. The molecule has 4 nitrogen and oxygen atoms in total. The summed E-state index contributed by atoms with van der Waals surface area (Å²) >= 11 is 5.85. The van der Waals surface area contributed by atoms with Crippen LogP contribution in [0.3, 0.4) is 0 Å². The Morgan fingerprint density at radius 3 is 2.30 bits per heavy atom. The van der Waals surface area contributed by atoms with Crippen LogP contribution in [0.5, 0.6) is 0 Å². The van der Waals surface area contributed by atoms with E-state index >= 15 is 0 Å². The molecule has 0 aliphatic carbocycles. The smallest absolute Gasteiger partial charge is 0.245 e. The quantitative estimate of drug-likeness (QED) is 0.898. The van der Waals surface area contributed by atoms with E-state index in [1.807, 2.05) is 30.9 Å². The van der Waals surface area contributed by atoms with E-state index in [1.54, 1.807) is 12.1 Å². The Morgan fingerprint density at radius 2 is 1.74 bits per heavy atom. The van der Waals surface area contributed by atoms with Crippen molar-refractivity contribution in [1.82, 2.24) is 10.2 Å². The minimum atomic E-state index is -0.451. The van der Waals surface area contributed by atoms with Crippen molar-refractivity contribution >= 4 is 23.4 Å². The number of benzene rings is 1. The molecule has 1 aromatic carbocycles. The van der Waals surface area contributed by atoms with Gasteiger partial charge >= 0.3 is 0 Å². The standard InChI is InChI=1S/C18H25ClN2O2/c1-13(2)17(18(23)21-10-4-3-5-11-21)20-16(22)12-14-6-8-15(19)9-7-14/h6-9,13,17H,3-5,10-12H2,1-2H3,(H,20,22)/t17-/m1/s1. The van der Waals surface area contributed by atoms with E-state index in [-0.39, 0.29) is 24.2 Å². The highest BCUT2D eigenvalue weighted by Crippen LogP contribution is 2.14. The molecule has 0 spiro atoms. The number of halogens is 1. The van der Waals surface area contributed by atoms with Gasteiger partial charge in [-0.25, -0.2) is 0 Å². The summed E-state index contributed by atoms with van der Waals surface area (Å²) in [6, 6.07) is 6.75. The van der Waals surface area contributed by atoms with Crippen LogP contribution in [0.4, 0.5) is 0 Å². The zero-order chi connectivity index (χ0) is 16.8. The lowest BCUT2D eigenvalue weighted by molar-refractivity contribution is -0.138. The Morgan fingerprint density at radius 1 is 1.13 bits per heavy atom. The lowest BCUT2D eigenvalue weighted by atomic mass is 10.0. The van der Waals surface area contributed by atoms with Gasteiger partial charge in [0.2, 0.25) is 11.8 Å². The van der Waals surface area contributed by atoms with Crippen molar-refractivity contribution in [2.75, 3.05) is 13.1 Å². The van der Waals surface area contributed by atoms with E-state index in [9.17, 15) is 9.59 Å². The number of hydrogen-bond donors (Lipinski definition) is 1. The lowest BCUT2D eigenvalue weighted by Gasteiger charge is -2.32. The van der Waals surface area contributed by atoms with Gasteiger partial charge in [0.1, 0.15) is 6.04 Å². The number of nitrogens with one attached hydrogen (secondary N) is 1. The SMILES string of the molecule is CC(C)[C@@H](NC(=O)Cc1ccc(Cl)cc1)C(=O)N1CCCCC1. The number of nitrogens with zero attached hydrogens (tertiary/aromatic N) is 1. The van der Waals surface area contributed by atoms with Gasteiger partial charge in [0.15, 0.2) is 0 Å². The fourth-order valence-corrected chi connectivity index (χ4v) is 2.96. The summed E-state index contributed by atoms with van der Waals surface area (Å²) in [5.74, 6) is -0.0147. The van der Waals surface area contributed by atoms with E-state index in [0.29, 0.717) is 5.02 Å². The predicted molar refractivity (Wildman–Crippen MR) is 92.4 cm³/mol. The van der Waals surface area contributed by atoms with E-state index < -0.39 is 6.04 Å². The van der Waals surface area contributed by atoms with Gasteiger partial charge in [-0.15, -0.1) is 0 Å². The predicted octanol–water partition coefficient (Wildman–Crippen LogP) is 3.04. The van der Waals surface area contributed by atoms with Crippen molar-refractivity contribution in [2.45, 2.75) is 45.6 Å². The van der Waals surface area contributed by atoms with E-state index in [0.717, 1.165) is 31.5 Å². The fourth-order valence-electron chi connectivity index (χ4n) is 2.84. The first-order valence-electron chi connectivity index (χ1n) is 8.30. The van der Waals surface area contributed by atoms with Crippen LogP contribution in [0.1, 0.15) is 38.7 Å². The molecular formula is C18H25ClN2O2. The highest BCUT2D eigenvalue weighted by molar-refractivity contribution is 6.30. The molecule has 1 aliphatic rings. The number of piperidine rings is 1. The van der Waals surface area contributed by atoms with Gasteiger partial charge in [-0.3, -0.25) is 9.59 Å². The lowest BCUT2D eigenvalue weighted by Crippen LogP contribution is -2.52. The van der Waals surface area contributed by atoms with Gasteiger partial charge in [-0.05, 0) is 42.9 Å². The topological polar surface area (TPSA) is 49.4 Å². The molecule has 1 aromatic rings. The Kier molecular flexibility index (Phi) is 6.46. The third kappa shape index (κ3) is 5.24. The summed E-state index contributed by atoms with van der Waals surface area (Å²) < 4.78 is 0. The monoisotopic (exact) mass is 336 g/mol. The van der Waals surface area contributed by atoms with E-state index in [4.69, 9.17) is 11.6 Å². The average Bonchev–Trinajstić information content (AvgIpc) is 2.55. The van der Waals surface area contributed by atoms with Crippen LogP contribution in [-0.4, -0.2) is 35.8 Å². The molecule has 1 atom stereocenters. The van der Waals surface area contributed by atoms with Gasteiger partial charge in [-0.1, -0.05) is 37.6 Å². The molecule has 1 saturated heterocycles. The molecule has 0 saturated carbocycles. The first-order chi connectivity index (χ1) is 11.0. The summed E-state index contributed by atoms with van der Waals surface area (Å²) in [7, 11) is 0. The summed E-state index contributed by atoms with van der Waals surface area (Å²) in [4.78, 5) is 26.8. The van der Waals surface area contributed by atoms with Crippen LogP contribution >= 0.6 is 11.6 Å². The van der Waals surface area contributed by atoms with Crippen molar-refractivity contribution in [3.63, 3.8) is 0 Å². The Hall–Kier alpha value is -1.55. The molecule has 0 bridgehead atoms. The molecule has 0 radical (unpaired) electrons. The van der Waals surface area contributed by atoms with Crippen LogP contribution in [0, 0.1) is 5.92 Å². The number of rotatable bonds is 5. The minimum absolute atomic E-state index is 0.0455. The summed E-state index contributed by atoms with van der Waals surface area (Å²) in [6.45, 7) is 5.54. The molecule has 1 N–H and O–H groups in total. The van der Waals surface area contributed by atoms with Gasteiger partial charge < -0.3 is 10.2 Å². The molecule has 0 unspecified atom stereocenters. The third-order valence-corrected chi connectivity index (χ3v) is 4.45. The molecule has 1 aliphatic heterocycles. The summed E-state index contributed by atoms with van der Waals surface area (Å²) in [5.41, 5.74) is 0.889. The Balaban J connectivity index is 1.96. The summed E-state index contributed by atoms with van der Waals surface area (Å²) in [6.07, 6.45) is 3.54. The minimum Gasteiger partial charge on any atom is -0.344 e. The van der Waals surface area contributed by atoms with Crippen LogP contribution in [0.2, 0.25) is 5.02 Å². The Bertz CT molecular complexity index is 536. The second kappa shape index (κ2) is 8.34. The molecule has 126 valence electrons. The van der Waals surface area contributed by atoms with Gasteiger partial charge in [0.25, 0.3) is 0 Å². The second-order valence-corrected chi connectivity index (χ2v) is 6.91. The maximum Gasteiger partial charge on any atom is 0.245 e. The van der Waals surface area contributed by atoms with Crippen molar-refractivity contribution in [3.8, 4) is 0 Å². The highest BCUT2D eigenvalue weighted by Gasteiger charge is 2.29. The normalized spacial score (nSPS) is 16.3. The first kappa shape index (κ1) is 17.8. The Labute approximate surface area is 143 Å². The molecule has 1 heterocycles. The molecule has 23 heavy (non-hydrogen) atoms. The number of carbonyl (C=O) groups excluding carboxylic acids is 2. The largest absolute Gasteiger partial charge is 0.344 e. The van der Waals surface area contributed by atoms with Crippen LogP contribution in [0.15, 0.2) is 24.3 Å². The first-order valence-corrected chi connectivity index (χ1v) is 8.68. The third-order valence-electron chi connectivity index (χ3n) is 4.19. The highest BCUT2D eigenvalue weighted by atomic mass is 35.5. The van der Waals surface area contributed by atoms with Crippen molar-refractivity contribution in [2.24, 2.45) is 5.92 Å². The number of carbonyl (C=O) groups is 2. The fraction of sp³-hybridized carbons (Fsp3) is 0.556. The molecule has 2 rings (SSSR count). The molecule has 2 amide bonds. The second-order valence-electron chi connectivity index (χ2n) is 6.48. The zero-order valence-corrected chi connectivity index (χ0v) is 14.6. The van der Waals surface area contributed by atoms with Gasteiger partial charge in [0.05, 0.1) is 6.42 Å². The van der Waals surface area contributed by atoms with Crippen LogP contribution < -0.4 is 5.32 Å². The summed E-state index contributed by atoms with van der Waals surface area (Å²) in [5, 5.41) is 3.56. The van der Waals surface area contributed by atoms with Gasteiger partial charge in [-0.2, -0.15) is 0 Å². The van der Waals surface area contributed by atoms with Crippen molar-refractivity contribution in [3.05, 3.63) is 34.9 Å².